The monoisotopic (exact) mass is 234 g/mol. The van der Waals surface area contributed by atoms with Crippen LogP contribution in [0.4, 0.5) is 0 Å². The molecule has 0 amide bonds. The zero-order valence-electron chi connectivity index (χ0n) is 11.0. The minimum atomic E-state index is -0.0116. The third-order valence-electron chi connectivity index (χ3n) is 3.01. The van der Waals surface area contributed by atoms with Gasteiger partial charge in [0.25, 0.3) is 0 Å². The van der Waals surface area contributed by atoms with Crippen LogP contribution in [0.3, 0.4) is 0 Å². The fraction of sp³-hybridized carbons (Fsp3) is 0.533. The van der Waals surface area contributed by atoms with Crippen molar-refractivity contribution >= 4 is 5.78 Å². The van der Waals surface area contributed by atoms with Gasteiger partial charge in [-0.3, -0.25) is 4.79 Å². The zero-order chi connectivity index (χ0) is 12.7. The van der Waals surface area contributed by atoms with E-state index in [-0.39, 0.29) is 11.7 Å². The van der Waals surface area contributed by atoms with E-state index in [1.54, 1.807) is 6.92 Å². The summed E-state index contributed by atoms with van der Waals surface area (Å²) >= 11 is 0. The predicted octanol–water partition coefficient (Wildman–Crippen LogP) is 3.03. The molecule has 17 heavy (non-hydrogen) atoms. The van der Waals surface area contributed by atoms with Gasteiger partial charge in [0.15, 0.2) is 0 Å². The van der Waals surface area contributed by atoms with Crippen molar-refractivity contribution < 1.29 is 9.53 Å². The molecule has 0 spiro atoms. The van der Waals surface area contributed by atoms with Gasteiger partial charge in [-0.15, -0.1) is 0 Å². The lowest BCUT2D eigenvalue weighted by atomic mass is 9.96. The van der Waals surface area contributed by atoms with Gasteiger partial charge in [0.1, 0.15) is 5.78 Å². The number of rotatable bonds is 7. The molecule has 0 aromatic heterocycles. The summed E-state index contributed by atoms with van der Waals surface area (Å²) < 4.78 is 5.35. The Hall–Kier alpha value is -1.15. The maximum atomic E-state index is 11.5. The summed E-state index contributed by atoms with van der Waals surface area (Å²) in [4.78, 5) is 11.5. The molecule has 1 aromatic rings. The van der Waals surface area contributed by atoms with Crippen LogP contribution in [-0.2, 0) is 22.4 Å². The maximum absolute atomic E-state index is 11.5. The number of carbonyl (C=O) groups excluding carboxylic acids is 1. The van der Waals surface area contributed by atoms with E-state index < -0.39 is 0 Å². The van der Waals surface area contributed by atoms with E-state index in [0.29, 0.717) is 13.2 Å². The smallest absolute Gasteiger partial charge is 0.135 e. The van der Waals surface area contributed by atoms with E-state index in [0.717, 1.165) is 12.8 Å². The number of hydrogen-bond acceptors (Lipinski definition) is 2. The average Bonchev–Trinajstić information content (AvgIpc) is 2.35. The minimum Gasteiger partial charge on any atom is -0.381 e. The summed E-state index contributed by atoms with van der Waals surface area (Å²) in [6, 6.07) is 8.49. The highest BCUT2D eigenvalue weighted by Gasteiger charge is 2.14. The first-order valence-electron chi connectivity index (χ1n) is 6.33. The molecule has 0 saturated carbocycles. The van der Waals surface area contributed by atoms with Gasteiger partial charge < -0.3 is 4.74 Å². The Labute approximate surface area is 104 Å². The van der Waals surface area contributed by atoms with Crippen molar-refractivity contribution in [1.82, 2.24) is 0 Å². The maximum Gasteiger partial charge on any atom is 0.135 e. The molecule has 0 saturated heterocycles. The zero-order valence-corrected chi connectivity index (χ0v) is 11.0. The van der Waals surface area contributed by atoms with Crippen molar-refractivity contribution in [3.63, 3.8) is 0 Å². The fourth-order valence-electron chi connectivity index (χ4n) is 1.78. The van der Waals surface area contributed by atoms with Crippen LogP contribution >= 0.6 is 0 Å². The van der Waals surface area contributed by atoms with Crippen molar-refractivity contribution in [3.05, 3.63) is 35.4 Å². The summed E-state index contributed by atoms with van der Waals surface area (Å²) in [7, 11) is 0. The van der Waals surface area contributed by atoms with E-state index in [9.17, 15) is 4.79 Å². The molecule has 2 heteroatoms. The Morgan fingerprint density at radius 1 is 1.18 bits per heavy atom. The largest absolute Gasteiger partial charge is 0.381 e. The lowest BCUT2D eigenvalue weighted by molar-refractivity contribution is -0.122. The molecule has 2 nitrogen and oxygen atoms in total. The Bertz CT molecular complexity index is 340. The molecule has 0 heterocycles. The SMILES string of the molecule is CCOCC(Cc1ccc(CC)cc1)C(C)=O. The average molecular weight is 234 g/mol. The highest BCUT2D eigenvalue weighted by Crippen LogP contribution is 2.12. The second-order valence-corrected chi connectivity index (χ2v) is 4.34. The van der Waals surface area contributed by atoms with E-state index in [1.807, 2.05) is 6.92 Å². The lowest BCUT2D eigenvalue weighted by Crippen LogP contribution is -2.20. The molecule has 0 aliphatic heterocycles. The Kier molecular flexibility index (Phi) is 5.92. The van der Waals surface area contributed by atoms with Gasteiger partial charge in [-0.25, -0.2) is 0 Å². The first-order valence-corrected chi connectivity index (χ1v) is 6.33. The van der Waals surface area contributed by atoms with Crippen LogP contribution in [0.5, 0.6) is 0 Å². The first kappa shape index (κ1) is 13.9. The third-order valence-corrected chi connectivity index (χ3v) is 3.01. The molecule has 0 N–H and O–H groups in total. The minimum absolute atomic E-state index is 0.0116. The van der Waals surface area contributed by atoms with Gasteiger partial charge in [0.2, 0.25) is 0 Å². The van der Waals surface area contributed by atoms with Crippen LogP contribution in [-0.4, -0.2) is 19.0 Å². The normalized spacial score (nSPS) is 12.4. The Balaban J connectivity index is 2.61. The molecule has 0 bridgehead atoms. The Morgan fingerprint density at radius 2 is 1.76 bits per heavy atom. The summed E-state index contributed by atoms with van der Waals surface area (Å²) in [5.74, 6) is 0.195. The van der Waals surface area contributed by atoms with Crippen LogP contribution in [0, 0.1) is 5.92 Å². The highest BCUT2D eigenvalue weighted by atomic mass is 16.5. The van der Waals surface area contributed by atoms with E-state index in [4.69, 9.17) is 4.74 Å². The summed E-state index contributed by atoms with van der Waals surface area (Å²) in [6.07, 6.45) is 1.83. The van der Waals surface area contributed by atoms with Gasteiger partial charge in [0.05, 0.1) is 6.61 Å². The number of Topliss-reactive ketones (excluding diaryl/α,β-unsaturated/α-hetero) is 1. The molecule has 1 aromatic carbocycles. The van der Waals surface area contributed by atoms with Gasteiger partial charge in [-0.2, -0.15) is 0 Å². The van der Waals surface area contributed by atoms with Crippen LogP contribution in [0.25, 0.3) is 0 Å². The number of ether oxygens (including phenoxy) is 1. The molecule has 0 aliphatic carbocycles. The number of aryl methyl sites for hydroxylation is 1. The highest BCUT2D eigenvalue weighted by molar-refractivity contribution is 5.78. The van der Waals surface area contributed by atoms with Crippen molar-refractivity contribution in [3.8, 4) is 0 Å². The molecule has 1 atom stereocenters. The molecule has 1 unspecified atom stereocenters. The van der Waals surface area contributed by atoms with Crippen molar-refractivity contribution in [1.29, 1.82) is 0 Å². The van der Waals surface area contributed by atoms with Crippen LogP contribution < -0.4 is 0 Å². The number of hydrogen-bond donors (Lipinski definition) is 0. The standard InChI is InChI=1S/C15H22O2/c1-4-13-6-8-14(9-7-13)10-15(12(3)16)11-17-5-2/h6-9,15H,4-5,10-11H2,1-3H3. The predicted molar refractivity (Wildman–Crippen MR) is 70.2 cm³/mol. The third kappa shape index (κ3) is 4.70. The van der Waals surface area contributed by atoms with Gasteiger partial charge in [-0.05, 0) is 37.8 Å². The fourth-order valence-corrected chi connectivity index (χ4v) is 1.78. The van der Waals surface area contributed by atoms with Crippen LogP contribution in [0.1, 0.15) is 31.9 Å². The summed E-state index contributed by atoms with van der Waals surface area (Å²) in [6.45, 7) is 6.93. The second kappa shape index (κ2) is 7.23. The van der Waals surface area contributed by atoms with E-state index in [2.05, 4.69) is 31.2 Å². The van der Waals surface area contributed by atoms with E-state index >= 15 is 0 Å². The van der Waals surface area contributed by atoms with Crippen LogP contribution in [0.2, 0.25) is 0 Å². The summed E-state index contributed by atoms with van der Waals surface area (Å²) in [5.41, 5.74) is 2.54. The van der Waals surface area contributed by atoms with Crippen molar-refractivity contribution in [2.75, 3.05) is 13.2 Å². The molecule has 94 valence electrons. The number of benzene rings is 1. The molecule has 0 fully saturated rings. The molecular formula is C15H22O2. The second-order valence-electron chi connectivity index (χ2n) is 4.34. The molecule has 1 rings (SSSR count). The topological polar surface area (TPSA) is 26.3 Å². The number of carbonyl (C=O) groups is 1. The van der Waals surface area contributed by atoms with E-state index in [1.165, 1.54) is 11.1 Å². The van der Waals surface area contributed by atoms with Gasteiger partial charge in [0, 0.05) is 12.5 Å². The molecular weight excluding hydrogens is 212 g/mol. The first-order chi connectivity index (χ1) is 8.17. The lowest BCUT2D eigenvalue weighted by Gasteiger charge is -2.13. The van der Waals surface area contributed by atoms with Gasteiger partial charge in [-0.1, -0.05) is 31.2 Å². The number of ketones is 1. The molecule has 0 aliphatic rings. The summed E-state index contributed by atoms with van der Waals surface area (Å²) in [5, 5.41) is 0. The molecule has 0 radical (unpaired) electrons. The van der Waals surface area contributed by atoms with Gasteiger partial charge >= 0.3 is 0 Å². The van der Waals surface area contributed by atoms with Crippen LogP contribution in [0.15, 0.2) is 24.3 Å². The quantitative estimate of drug-likeness (QED) is 0.725. The van der Waals surface area contributed by atoms with Crippen molar-refractivity contribution in [2.45, 2.75) is 33.6 Å². The van der Waals surface area contributed by atoms with Crippen molar-refractivity contribution in [2.24, 2.45) is 5.92 Å². The Morgan fingerprint density at radius 3 is 2.24 bits per heavy atom.